The molecule has 0 bridgehead atoms. The fourth-order valence-electron chi connectivity index (χ4n) is 5.56. The van der Waals surface area contributed by atoms with E-state index in [1.54, 1.807) is 37.1 Å². The zero-order chi connectivity index (χ0) is 27.9. The van der Waals surface area contributed by atoms with Crippen molar-refractivity contribution in [3.63, 3.8) is 0 Å². The lowest BCUT2D eigenvalue weighted by atomic mass is 9.96. The molecule has 4 aromatic heterocycles. The van der Waals surface area contributed by atoms with E-state index >= 15 is 0 Å². The number of halogens is 1. The van der Waals surface area contributed by atoms with Crippen LogP contribution in [0.5, 0.6) is 0 Å². The molecule has 0 radical (unpaired) electrons. The molecule has 1 unspecified atom stereocenters. The van der Waals surface area contributed by atoms with Crippen molar-refractivity contribution in [1.82, 2.24) is 30.0 Å². The molecule has 1 aromatic carbocycles. The van der Waals surface area contributed by atoms with Gasteiger partial charge in [0, 0.05) is 46.6 Å². The van der Waals surface area contributed by atoms with E-state index in [0.717, 1.165) is 70.6 Å². The second-order valence-electron chi connectivity index (χ2n) is 10.6. The highest BCUT2D eigenvalue weighted by molar-refractivity contribution is 5.94. The molecule has 4 N–H and O–H groups in total. The van der Waals surface area contributed by atoms with Crippen LogP contribution in [0.2, 0.25) is 0 Å². The maximum atomic E-state index is 13.9. The van der Waals surface area contributed by atoms with Crippen LogP contribution in [-0.4, -0.2) is 56.1 Å². The molecule has 5 aromatic rings. The summed E-state index contributed by atoms with van der Waals surface area (Å²) in [6.45, 7) is 1.85. The average Bonchev–Trinajstić information content (AvgIpc) is 3.61. The Hall–Kier alpha value is -4.90. The van der Waals surface area contributed by atoms with Crippen LogP contribution in [0.1, 0.15) is 24.7 Å². The van der Waals surface area contributed by atoms with Crippen LogP contribution >= 0.6 is 0 Å². The second-order valence-corrected chi connectivity index (χ2v) is 10.6. The SMILES string of the molecule is CN1CCC(C(=O)Nc2cncc(-c3cnc4n[nH]c(C5Nc6cncc(-c7cccc(F)c7)c6N5)c4c3)c2)CC1. The highest BCUT2D eigenvalue weighted by Crippen LogP contribution is 2.42. The van der Waals surface area contributed by atoms with Crippen LogP contribution in [0.25, 0.3) is 33.3 Å². The molecule has 206 valence electrons. The maximum Gasteiger partial charge on any atom is 0.227 e. The zero-order valence-electron chi connectivity index (χ0n) is 22.4. The lowest BCUT2D eigenvalue weighted by Crippen LogP contribution is -2.35. The summed E-state index contributed by atoms with van der Waals surface area (Å²) < 4.78 is 13.9. The molecule has 0 aliphatic carbocycles. The van der Waals surface area contributed by atoms with Crippen molar-refractivity contribution < 1.29 is 9.18 Å². The predicted octanol–water partition coefficient (Wildman–Crippen LogP) is 5.04. The Labute approximate surface area is 235 Å². The Balaban J connectivity index is 1.15. The monoisotopic (exact) mass is 549 g/mol. The summed E-state index contributed by atoms with van der Waals surface area (Å²) in [6, 6.07) is 10.4. The van der Waals surface area contributed by atoms with Crippen molar-refractivity contribution in [3.8, 4) is 22.3 Å². The highest BCUT2D eigenvalue weighted by Gasteiger charge is 2.28. The van der Waals surface area contributed by atoms with Crippen molar-refractivity contribution in [2.75, 3.05) is 36.1 Å². The van der Waals surface area contributed by atoms with E-state index in [2.05, 4.69) is 53.0 Å². The summed E-state index contributed by atoms with van der Waals surface area (Å²) in [5.74, 6) is -0.262. The number of hydrogen-bond donors (Lipinski definition) is 4. The number of rotatable bonds is 5. The number of carbonyl (C=O) groups excluding carboxylic acids is 1. The van der Waals surface area contributed by atoms with Crippen LogP contribution in [0, 0.1) is 11.7 Å². The fourth-order valence-corrected chi connectivity index (χ4v) is 5.56. The molecule has 1 fully saturated rings. The number of pyridine rings is 3. The van der Waals surface area contributed by atoms with Gasteiger partial charge in [-0.2, -0.15) is 5.10 Å². The first kappa shape index (κ1) is 25.1. The summed E-state index contributed by atoms with van der Waals surface area (Å²) in [7, 11) is 2.08. The van der Waals surface area contributed by atoms with Crippen molar-refractivity contribution in [1.29, 1.82) is 0 Å². The van der Waals surface area contributed by atoms with Gasteiger partial charge in [-0.15, -0.1) is 0 Å². The topological polar surface area (TPSA) is 124 Å². The summed E-state index contributed by atoms with van der Waals surface area (Å²) in [6.07, 6.45) is 10.0. The van der Waals surface area contributed by atoms with Gasteiger partial charge in [0.25, 0.3) is 0 Å². The number of piperidine rings is 1. The number of amides is 1. The van der Waals surface area contributed by atoms with Crippen molar-refractivity contribution in [3.05, 3.63) is 78.9 Å². The number of fused-ring (bicyclic) bond motifs is 2. The van der Waals surface area contributed by atoms with E-state index in [0.29, 0.717) is 11.3 Å². The van der Waals surface area contributed by atoms with Gasteiger partial charge in [0.1, 0.15) is 12.0 Å². The van der Waals surface area contributed by atoms with E-state index in [-0.39, 0.29) is 23.8 Å². The average molecular weight is 550 g/mol. The number of anilines is 3. The molecule has 1 atom stereocenters. The normalized spacial score (nSPS) is 17.2. The standard InChI is InChI=1S/C30H28FN9O/c1-40-7-5-17(6-8-40)30(41)35-22-10-19(12-32-14-22)20-11-23-27(38-39-28(23)34-13-20)29-36-25-16-33-15-24(26(25)37-29)18-3-2-4-21(31)9-18/h2-4,9-17,29,36-37H,5-8H2,1H3,(H,35,41)(H,34,38,39). The third kappa shape index (κ3) is 4.84. The van der Waals surface area contributed by atoms with E-state index in [4.69, 9.17) is 0 Å². The first-order valence-electron chi connectivity index (χ1n) is 13.6. The summed E-state index contributed by atoms with van der Waals surface area (Å²) >= 11 is 0. The van der Waals surface area contributed by atoms with Gasteiger partial charge in [0.2, 0.25) is 5.91 Å². The number of H-pyrrole nitrogens is 1. The van der Waals surface area contributed by atoms with E-state index < -0.39 is 0 Å². The largest absolute Gasteiger partial charge is 0.358 e. The van der Waals surface area contributed by atoms with E-state index in [1.165, 1.54) is 12.1 Å². The number of nitrogens with zero attached hydrogens (tertiary/aromatic N) is 5. The molecule has 6 heterocycles. The molecule has 41 heavy (non-hydrogen) atoms. The van der Waals surface area contributed by atoms with Gasteiger partial charge < -0.3 is 20.9 Å². The van der Waals surface area contributed by atoms with E-state index in [9.17, 15) is 9.18 Å². The smallest absolute Gasteiger partial charge is 0.227 e. The van der Waals surface area contributed by atoms with Gasteiger partial charge in [-0.05, 0) is 62.8 Å². The number of benzene rings is 1. The quantitative estimate of drug-likeness (QED) is 0.241. The van der Waals surface area contributed by atoms with Gasteiger partial charge in [-0.3, -0.25) is 19.9 Å². The number of nitrogens with one attached hydrogen (secondary N) is 4. The second kappa shape index (κ2) is 10.3. The first-order valence-corrected chi connectivity index (χ1v) is 13.6. The molecule has 11 heteroatoms. The maximum absolute atomic E-state index is 13.9. The minimum absolute atomic E-state index is 0.00789. The van der Waals surface area contributed by atoms with Crippen LogP contribution in [-0.2, 0) is 4.79 Å². The van der Waals surface area contributed by atoms with Crippen molar-refractivity contribution >= 4 is 34.0 Å². The Morgan fingerprint density at radius 3 is 2.66 bits per heavy atom. The molecule has 0 saturated carbocycles. The lowest BCUT2D eigenvalue weighted by molar-refractivity contribution is -0.121. The van der Waals surface area contributed by atoms with E-state index in [1.807, 2.05) is 18.2 Å². The van der Waals surface area contributed by atoms with Gasteiger partial charge in [-0.25, -0.2) is 9.37 Å². The third-order valence-corrected chi connectivity index (χ3v) is 7.83. The molecule has 2 aliphatic rings. The molecular formula is C30H28FN9O. The number of carbonyl (C=O) groups is 1. The van der Waals surface area contributed by atoms with Gasteiger partial charge in [0.05, 0.1) is 35.1 Å². The van der Waals surface area contributed by atoms with Crippen LogP contribution in [0.4, 0.5) is 21.5 Å². The Bertz CT molecular complexity index is 1760. The van der Waals surface area contributed by atoms with Crippen molar-refractivity contribution in [2.45, 2.75) is 19.0 Å². The van der Waals surface area contributed by atoms with Crippen LogP contribution in [0.3, 0.4) is 0 Å². The van der Waals surface area contributed by atoms with Gasteiger partial charge in [-0.1, -0.05) is 12.1 Å². The van der Waals surface area contributed by atoms with Crippen LogP contribution in [0.15, 0.2) is 67.4 Å². The third-order valence-electron chi connectivity index (χ3n) is 7.83. The summed E-state index contributed by atoms with van der Waals surface area (Å²) in [5, 5.41) is 18.4. The summed E-state index contributed by atoms with van der Waals surface area (Å²) in [5.41, 5.74) is 6.89. The Kier molecular flexibility index (Phi) is 6.27. The fraction of sp³-hybridized carbons (Fsp3) is 0.233. The van der Waals surface area contributed by atoms with Crippen LogP contribution < -0.4 is 16.0 Å². The van der Waals surface area contributed by atoms with Crippen molar-refractivity contribution in [2.24, 2.45) is 5.92 Å². The Morgan fingerprint density at radius 2 is 1.80 bits per heavy atom. The number of hydrogen-bond acceptors (Lipinski definition) is 8. The number of aromatic nitrogens is 5. The minimum Gasteiger partial charge on any atom is -0.358 e. The molecule has 1 saturated heterocycles. The highest BCUT2D eigenvalue weighted by atomic mass is 19.1. The molecule has 10 nitrogen and oxygen atoms in total. The molecule has 0 spiro atoms. The molecule has 2 aliphatic heterocycles. The summed E-state index contributed by atoms with van der Waals surface area (Å²) in [4.78, 5) is 28.4. The predicted molar refractivity (Wildman–Crippen MR) is 156 cm³/mol. The molecular weight excluding hydrogens is 521 g/mol. The minimum atomic E-state index is -0.332. The van der Waals surface area contributed by atoms with Gasteiger partial charge in [0.15, 0.2) is 5.65 Å². The Morgan fingerprint density at radius 1 is 0.976 bits per heavy atom. The molecule has 7 rings (SSSR count). The lowest BCUT2D eigenvalue weighted by Gasteiger charge is -2.28. The first-order chi connectivity index (χ1) is 20.0. The van der Waals surface area contributed by atoms with Gasteiger partial charge >= 0.3 is 0 Å². The number of aromatic amines is 1. The number of likely N-dealkylation sites (tertiary alicyclic amines) is 1. The molecule has 1 amide bonds. The zero-order valence-corrected chi connectivity index (χ0v) is 22.4.